The topological polar surface area (TPSA) is 92.4 Å². The fourth-order valence-corrected chi connectivity index (χ4v) is 1.54. The summed E-state index contributed by atoms with van der Waals surface area (Å²) >= 11 is 0. The number of carbonyl (C=O) groups excluding carboxylic acids is 1. The van der Waals surface area contributed by atoms with E-state index in [0.29, 0.717) is 6.54 Å². The van der Waals surface area contributed by atoms with Crippen molar-refractivity contribution in [2.75, 3.05) is 6.54 Å². The molecule has 1 atom stereocenters. The average Bonchev–Trinajstić information content (AvgIpc) is 2.02. The maximum atomic E-state index is 11.6. The number of hydrogen-bond donors (Lipinski definition) is 3. The normalized spacial score (nSPS) is 20.7. The summed E-state index contributed by atoms with van der Waals surface area (Å²) in [6, 6.07) is -0.841. The third kappa shape index (κ3) is 1.87. The van der Waals surface area contributed by atoms with Gasteiger partial charge in [-0.25, -0.2) is 0 Å². The number of carboxylic acids is 1. The molecular formula is C9H16N2O3. The molecule has 5 heteroatoms. The summed E-state index contributed by atoms with van der Waals surface area (Å²) in [5.41, 5.74) is 5.02. The first-order chi connectivity index (χ1) is 6.52. The highest BCUT2D eigenvalue weighted by Gasteiger charge is 2.43. The Morgan fingerprint density at radius 1 is 1.57 bits per heavy atom. The zero-order valence-electron chi connectivity index (χ0n) is 8.25. The zero-order valence-corrected chi connectivity index (χ0v) is 8.25. The van der Waals surface area contributed by atoms with Crippen LogP contribution in [0.3, 0.4) is 0 Å². The Morgan fingerprint density at radius 2 is 2.14 bits per heavy atom. The fraction of sp³-hybridized carbons (Fsp3) is 0.778. The van der Waals surface area contributed by atoms with Crippen LogP contribution in [0.5, 0.6) is 0 Å². The monoisotopic (exact) mass is 200 g/mol. The van der Waals surface area contributed by atoms with Gasteiger partial charge in [0.2, 0.25) is 5.91 Å². The van der Waals surface area contributed by atoms with E-state index in [0.717, 1.165) is 19.3 Å². The van der Waals surface area contributed by atoms with E-state index in [1.807, 2.05) is 0 Å². The highest BCUT2D eigenvalue weighted by atomic mass is 16.4. The van der Waals surface area contributed by atoms with E-state index in [-0.39, 0.29) is 5.91 Å². The highest BCUT2D eigenvalue weighted by molar-refractivity contribution is 5.88. The van der Waals surface area contributed by atoms with E-state index in [1.54, 1.807) is 0 Å². The number of hydrogen-bond acceptors (Lipinski definition) is 3. The third-order valence-corrected chi connectivity index (χ3v) is 2.90. The van der Waals surface area contributed by atoms with Crippen molar-refractivity contribution in [2.45, 2.75) is 32.2 Å². The Balaban J connectivity index is 2.53. The molecule has 1 fully saturated rings. The molecule has 1 saturated carbocycles. The van der Waals surface area contributed by atoms with Crippen molar-refractivity contribution < 1.29 is 14.7 Å². The van der Waals surface area contributed by atoms with Gasteiger partial charge in [0.05, 0.1) is 5.41 Å². The molecule has 0 radical (unpaired) electrons. The minimum atomic E-state index is -1.02. The molecule has 0 heterocycles. The van der Waals surface area contributed by atoms with Gasteiger partial charge in [0, 0.05) is 6.54 Å². The van der Waals surface area contributed by atoms with Gasteiger partial charge < -0.3 is 16.2 Å². The van der Waals surface area contributed by atoms with Crippen molar-refractivity contribution in [3.8, 4) is 0 Å². The molecule has 80 valence electrons. The van der Waals surface area contributed by atoms with Crippen molar-refractivity contribution in [1.29, 1.82) is 0 Å². The minimum Gasteiger partial charge on any atom is -0.480 e. The van der Waals surface area contributed by atoms with Crippen LogP contribution in [0, 0.1) is 5.41 Å². The van der Waals surface area contributed by atoms with Gasteiger partial charge in [-0.2, -0.15) is 0 Å². The second-order valence-electron chi connectivity index (χ2n) is 3.87. The number of rotatable bonds is 4. The highest BCUT2D eigenvalue weighted by Crippen LogP contribution is 2.40. The van der Waals surface area contributed by atoms with Crippen LogP contribution in [0.15, 0.2) is 0 Å². The molecule has 0 aromatic heterocycles. The van der Waals surface area contributed by atoms with E-state index in [2.05, 4.69) is 5.32 Å². The molecule has 1 amide bonds. The SMILES string of the molecule is C[C@H](NC(=O)C1(CN)CCC1)C(=O)O. The Hall–Kier alpha value is -1.10. The van der Waals surface area contributed by atoms with E-state index in [4.69, 9.17) is 10.8 Å². The lowest BCUT2D eigenvalue weighted by Gasteiger charge is -2.39. The number of amides is 1. The molecule has 1 aliphatic rings. The summed E-state index contributed by atoms with van der Waals surface area (Å²) in [6.07, 6.45) is 2.52. The van der Waals surface area contributed by atoms with E-state index < -0.39 is 17.4 Å². The fourth-order valence-electron chi connectivity index (χ4n) is 1.54. The summed E-state index contributed by atoms with van der Waals surface area (Å²) < 4.78 is 0. The van der Waals surface area contributed by atoms with Gasteiger partial charge in [0.1, 0.15) is 6.04 Å². The summed E-state index contributed by atoms with van der Waals surface area (Å²) in [5, 5.41) is 11.1. The largest absolute Gasteiger partial charge is 0.480 e. The lowest BCUT2D eigenvalue weighted by molar-refractivity contribution is -0.145. The Morgan fingerprint density at radius 3 is 2.43 bits per heavy atom. The van der Waals surface area contributed by atoms with Gasteiger partial charge in [0.15, 0.2) is 0 Å². The lowest BCUT2D eigenvalue weighted by atomic mass is 9.68. The number of aliphatic carboxylic acids is 1. The van der Waals surface area contributed by atoms with Gasteiger partial charge >= 0.3 is 5.97 Å². The van der Waals surface area contributed by atoms with Crippen LogP contribution in [0.25, 0.3) is 0 Å². The molecule has 0 spiro atoms. The number of carboxylic acid groups (broad SMARTS) is 1. The molecular weight excluding hydrogens is 184 g/mol. The summed E-state index contributed by atoms with van der Waals surface area (Å²) in [7, 11) is 0. The van der Waals surface area contributed by atoms with E-state index in [9.17, 15) is 9.59 Å². The zero-order chi connectivity index (χ0) is 10.8. The van der Waals surface area contributed by atoms with Crippen LogP contribution in [-0.4, -0.2) is 29.6 Å². The molecule has 0 bridgehead atoms. The van der Waals surface area contributed by atoms with Crippen molar-refractivity contribution in [3.05, 3.63) is 0 Å². The molecule has 0 aromatic rings. The van der Waals surface area contributed by atoms with Crippen LogP contribution >= 0.6 is 0 Å². The lowest BCUT2D eigenvalue weighted by Crippen LogP contribution is -2.53. The predicted octanol–water partition coefficient (Wildman–Crippen LogP) is -0.295. The van der Waals surface area contributed by atoms with E-state index in [1.165, 1.54) is 6.92 Å². The number of nitrogens with one attached hydrogen (secondary N) is 1. The standard InChI is InChI=1S/C9H16N2O3/c1-6(7(12)13)11-8(14)9(5-10)3-2-4-9/h6H,2-5,10H2,1H3,(H,11,14)(H,12,13)/t6-/m0/s1. The molecule has 5 nitrogen and oxygen atoms in total. The van der Waals surface area contributed by atoms with Gasteiger partial charge in [0.25, 0.3) is 0 Å². The van der Waals surface area contributed by atoms with Crippen LogP contribution in [0.1, 0.15) is 26.2 Å². The van der Waals surface area contributed by atoms with Crippen molar-refractivity contribution in [1.82, 2.24) is 5.32 Å². The molecule has 4 N–H and O–H groups in total. The third-order valence-electron chi connectivity index (χ3n) is 2.90. The number of nitrogens with two attached hydrogens (primary N) is 1. The van der Waals surface area contributed by atoms with Gasteiger partial charge in [-0.3, -0.25) is 9.59 Å². The first-order valence-corrected chi connectivity index (χ1v) is 4.76. The second-order valence-corrected chi connectivity index (χ2v) is 3.87. The Bertz CT molecular complexity index is 243. The molecule has 0 saturated heterocycles. The molecule has 0 aliphatic heterocycles. The summed E-state index contributed by atoms with van der Waals surface area (Å²) in [6.45, 7) is 1.74. The van der Waals surface area contributed by atoms with Crippen LogP contribution in [0.2, 0.25) is 0 Å². The van der Waals surface area contributed by atoms with Gasteiger partial charge in [-0.15, -0.1) is 0 Å². The maximum Gasteiger partial charge on any atom is 0.325 e. The van der Waals surface area contributed by atoms with Gasteiger partial charge in [-0.1, -0.05) is 6.42 Å². The maximum absolute atomic E-state index is 11.6. The number of carbonyl (C=O) groups is 2. The molecule has 0 unspecified atom stereocenters. The smallest absolute Gasteiger partial charge is 0.325 e. The molecule has 1 aliphatic carbocycles. The van der Waals surface area contributed by atoms with Crippen LogP contribution in [0.4, 0.5) is 0 Å². The van der Waals surface area contributed by atoms with Gasteiger partial charge in [-0.05, 0) is 19.8 Å². The van der Waals surface area contributed by atoms with Crippen LogP contribution < -0.4 is 11.1 Å². The first kappa shape index (κ1) is 11.0. The molecule has 14 heavy (non-hydrogen) atoms. The summed E-state index contributed by atoms with van der Waals surface area (Å²) in [4.78, 5) is 22.1. The van der Waals surface area contributed by atoms with Crippen molar-refractivity contribution >= 4 is 11.9 Å². The first-order valence-electron chi connectivity index (χ1n) is 4.76. The average molecular weight is 200 g/mol. The van der Waals surface area contributed by atoms with Crippen molar-refractivity contribution in [2.24, 2.45) is 11.1 Å². The van der Waals surface area contributed by atoms with E-state index >= 15 is 0 Å². The second kappa shape index (κ2) is 3.96. The van der Waals surface area contributed by atoms with Crippen LogP contribution in [-0.2, 0) is 9.59 Å². The summed E-state index contributed by atoms with van der Waals surface area (Å²) in [5.74, 6) is -1.24. The minimum absolute atomic E-state index is 0.221. The predicted molar refractivity (Wildman–Crippen MR) is 50.6 cm³/mol. The Labute approximate surface area is 82.7 Å². The Kier molecular flexibility index (Phi) is 3.10. The van der Waals surface area contributed by atoms with Crippen molar-refractivity contribution in [3.63, 3.8) is 0 Å². The quantitative estimate of drug-likeness (QED) is 0.581. The molecule has 1 rings (SSSR count). The molecule has 0 aromatic carbocycles.